The van der Waals surface area contributed by atoms with E-state index in [4.69, 9.17) is 22.9 Å². The molecule has 1 aromatic carbocycles. The highest BCUT2D eigenvalue weighted by molar-refractivity contribution is 7.80. The Morgan fingerprint density at radius 3 is 2.43 bits per heavy atom. The quantitative estimate of drug-likeness (QED) is 0.370. The first kappa shape index (κ1) is 19.4. The molecule has 0 aliphatic heterocycles. The summed E-state index contributed by atoms with van der Waals surface area (Å²) in [6.07, 6.45) is 17.3. The van der Waals surface area contributed by atoms with Crippen LogP contribution in [0, 0.1) is 29.1 Å². The van der Waals surface area contributed by atoms with Crippen molar-refractivity contribution in [3.8, 4) is 0 Å². The van der Waals surface area contributed by atoms with Gasteiger partial charge in [0.1, 0.15) is 4.99 Å². The van der Waals surface area contributed by atoms with Crippen molar-refractivity contribution >= 4 is 23.4 Å². The highest BCUT2D eigenvalue weighted by Crippen LogP contribution is 2.73. The Morgan fingerprint density at radius 2 is 1.70 bits per heavy atom. The van der Waals surface area contributed by atoms with Gasteiger partial charge in [0.2, 0.25) is 0 Å². The molecular formula is C27H34N2S. The summed E-state index contributed by atoms with van der Waals surface area (Å²) in [6.45, 7) is 0. The molecule has 6 saturated carbocycles. The van der Waals surface area contributed by atoms with E-state index in [-0.39, 0.29) is 5.41 Å². The number of nitrogens with two attached hydrogens (primary N) is 1. The molecule has 3 heteroatoms. The summed E-state index contributed by atoms with van der Waals surface area (Å²) in [6, 6.07) is 11.7. The Balaban J connectivity index is 1.31. The van der Waals surface area contributed by atoms with Crippen LogP contribution in [0.2, 0.25) is 0 Å². The van der Waals surface area contributed by atoms with Crippen LogP contribution in [0.1, 0.15) is 69.8 Å². The Morgan fingerprint density at radius 1 is 0.967 bits per heavy atom. The van der Waals surface area contributed by atoms with Crippen LogP contribution in [0.5, 0.6) is 0 Å². The average molecular weight is 419 g/mol. The third kappa shape index (κ3) is 3.07. The summed E-state index contributed by atoms with van der Waals surface area (Å²) in [5.41, 5.74) is 9.84. The molecule has 4 atom stereocenters. The van der Waals surface area contributed by atoms with Gasteiger partial charge in [0, 0.05) is 17.7 Å². The minimum Gasteiger partial charge on any atom is -0.328 e. The second kappa shape index (κ2) is 7.10. The summed E-state index contributed by atoms with van der Waals surface area (Å²) in [4.78, 5) is 6.05. The second-order valence-electron chi connectivity index (χ2n) is 11.1. The molecule has 30 heavy (non-hydrogen) atoms. The fourth-order valence-electron chi connectivity index (χ4n) is 7.52. The van der Waals surface area contributed by atoms with Crippen LogP contribution in [-0.2, 0) is 5.41 Å². The predicted octanol–water partition coefficient (Wildman–Crippen LogP) is 6.00. The predicted molar refractivity (Wildman–Crippen MR) is 128 cm³/mol. The first-order valence-corrected chi connectivity index (χ1v) is 12.6. The first-order valence-electron chi connectivity index (χ1n) is 12.2. The lowest BCUT2D eigenvalue weighted by molar-refractivity contribution is 0.238. The highest BCUT2D eigenvalue weighted by atomic mass is 32.1. The van der Waals surface area contributed by atoms with Gasteiger partial charge in [0.15, 0.2) is 0 Å². The molecule has 0 saturated heterocycles. The summed E-state index contributed by atoms with van der Waals surface area (Å²) in [5, 5.41) is 0. The summed E-state index contributed by atoms with van der Waals surface area (Å²) < 4.78 is 0. The number of aliphatic imine (C=N–C) groups is 1. The zero-order chi connectivity index (χ0) is 20.3. The SMILES string of the molecule is NC1CCC(C=NC(=S)C23CC4CC(c5ccccc5)(CC2/C4=C\C2CC2)C3)CC1. The van der Waals surface area contributed by atoms with Crippen LogP contribution in [-0.4, -0.2) is 17.2 Å². The molecular weight excluding hydrogens is 384 g/mol. The highest BCUT2D eigenvalue weighted by Gasteiger charge is 2.67. The van der Waals surface area contributed by atoms with E-state index in [1.807, 2.05) is 0 Å². The van der Waals surface area contributed by atoms with E-state index in [0.717, 1.165) is 29.7 Å². The van der Waals surface area contributed by atoms with E-state index in [0.29, 0.717) is 23.3 Å². The maximum atomic E-state index is 6.14. The Labute approximate surface area is 186 Å². The molecule has 6 aliphatic rings. The summed E-state index contributed by atoms with van der Waals surface area (Å²) in [7, 11) is 0. The topological polar surface area (TPSA) is 38.4 Å². The van der Waals surface area contributed by atoms with Crippen LogP contribution in [0.3, 0.4) is 0 Å². The number of allylic oxidation sites excluding steroid dienone is 2. The zero-order valence-electron chi connectivity index (χ0n) is 17.9. The number of nitrogens with zero attached hydrogens (tertiary/aromatic N) is 1. The standard InChI is InChI=1S/C27H34N2S/c28-22-10-8-19(9-11-22)16-29-25(30)27-14-20-13-26(17-27,21-4-2-1-3-5-21)15-24(27)23(20)12-18-6-7-18/h1-5,12,16,18-20,22,24H,6-11,13-15,17,28H2/b23-12-,29-16?. The zero-order valence-corrected chi connectivity index (χ0v) is 18.7. The number of hydrogen-bond donors (Lipinski definition) is 1. The molecule has 0 radical (unpaired) electrons. The third-order valence-corrected chi connectivity index (χ3v) is 9.63. The minimum absolute atomic E-state index is 0.121. The van der Waals surface area contributed by atoms with E-state index in [2.05, 4.69) is 42.6 Å². The van der Waals surface area contributed by atoms with Gasteiger partial charge in [-0.2, -0.15) is 0 Å². The van der Waals surface area contributed by atoms with E-state index < -0.39 is 0 Å². The van der Waals surface area contributed by atoms with Crippen molar-refractivity contribution in [2.24, 2.45) is 39.8 Å². The number of rotatable bonds is 4. The lowest BCUT2D eigenvalue weighted by Gasteiger charge is -2.41. The van der Waals surface area contributed by atoms with E-state index >= 15 is 0 Å². The molecule has 0 amide bonds. The van der Waals surface area contributed by atoms with Crippen molar-refractivity contribution in [2.75, 3.05) is 0 Å². The average Bonchev–Trinajstić information content (AvgIpc) is 3.52. The summed E-state index contributed by atoms with van der Waals surface area (Å²) in [5.74, 6) is 2.77. The van der Waals surface area contributed by atoms with E-state index in [1.54, 1.807) is 11.1 Å². The minimum atomic E-state index is 0.121. The van der Waals surface area contributed by atoms with Gasteiger partial charge in [-0.05, 0) is 98.9 Å². The molecule has 158 valence electrons. The van der Waals surface area contributed by atoms with Gasteiger partial charge in [-0.1, -0.05) is 54.2 Å². The van der Waals surface area contributed by atoms with Crippen LogP contribution < -0.4 is 5.73 Å². The van der Waals surface area contributed by atoms with Gasteiger partial charge < -0.3 is 5.73 Å². The fourth-order valence-corrected chi connectivity index (χ4v) is 7.88. The molecule has 2 N–H and O–H groups in total. The molecule has 2 nitrogen and oxygen atoms in total. The van der Waals surface area contributed by atoms with Crippen molar-refractivity contribution in [2.45, 2.75) is 75.7 Å². The van der Waals surface area contributed by atoms with Crippen molar-refractivity contribution in [1.82, 2.24) is 0 Å². The maximum Gasteiger partial charge on any atom is 0.109 e. The van der Waals surface area contributed by atoms with Gasteiger partial charge in [0.25, 0.3) is 0 Å². The van der Waals surface area contributed by atoms with Gasteiger partial charge in [0.05, 0.1) is 0 Å². The maximum absolute atomic E-state index is 6.14. The molecule has 0 spiro atoms. The molecule has 7 rings (SSSR count). The van der Waals surface area contributed by atoms with Gasteiger partial charge >= 0.3 is 0 Å². The smallest absolute Gasteiger partial charge is 0.109 e. The Hall–Kier alpha value is -1.32. The van der Waals surface area contributed by atoms with Crippen LogP contribution >= 0.6 is 12.2 Å². The van der Waals surface area contributed by atoms with Gasteiger partial charge in [-0.25, -0.2) is 0 Å². The Kier molecular flexibility index (Phi) is 4.58. The Bertz CT molecular complexity index is 893. The lowest BCUT2D eigenvalue weighted by atomic mass is 9.63. The largest absolute Gasteiger partial charge is 0.328 e. The third-order valence-electron chi connectivity index (χ3n) is 9.12. The summed E-state index contributed by atoms with van der Waals surface area (Å²) >= 11 is 6.14. The van der Waals surface area contributed by atoms with Crippen molar-refractivity contribution in [3.05, 3.63) is 47.5 Å². The van der Waals surface area contributed by atoms with Crippen molar-refractivity contribution < 1.29 is 0 Å². The van der Waals surface area contributed by atoms with E-state index in [9.17, 15) is 0 Å². The number of benzene rings is 1. The molecule has 0 aromatic heterocycles. The van der Waals surface area contributed by atoms with Crippen molar-refractivity contribution in [3.63, 3.8) is 0 Å². The van der Waals surface area contributed by atoms with Crippen molar-refractivity contribution in [1.29, 1.82) is 0 Å². The monoisotopic (exact) mass is 418 g/mol. The number of thiocarbonyl (C=S) groups is 1. The second-order valence-corrected chi connectivity index (χ2v) is 11.5. The van der Waals surface area contributed by atoms with Crippen LogP contribution in [0.15, 0.2) is 47.0 Å². The van der Waals surface area contributed by atoms with Gasteiger partial charge in [-0.3, -0.25) is 4.99 Å². The molecule has 0 heterocycles. The first-order chi connectivity index (χ1) is 14.6. The lowest BCUT2D eigenvalue weighted by Crippen LogP contribution is -2.36. The molecule has 6 aliphatic carbocycles. The molecule has 6 fully saturated rings. The molecule has 4 bridgehead atoms. The van der Waals surface area contributed by atoms with E-state index in [1.165, 1.54) is 51.4 Å². The normalized spacial score (nSPS) is 43.7. The van der Waals surface area contributed by atoms with Gasteiger partial charge in [-0.15, -0.1) is 0 Å². The fraction of sp³-hybridized carbons (Fsp3) is 0.630. The molecule has 4 unspecified atom stereocenters. The molecule has 1 aromatic rings. The number of hydrogen-bond acceptors (Lipinski definition) is 2. The van der Waals surface area contributed by atoms with Crippen LogP contribution in [0.4, 0.5) is 0 Å². The van der Waals surface area contributed by atoms with Crippen LogP contribution in [0.25, 0.3) is 0 Å².